The molecule has 1 aliphatic rings. The molecule has 7 atom stereocenters. The molecular weight excluding hydrogens is 794 g/mol. The first kappa shape index (κ1) is 49.1. The lowest BCUT2D eigenvalue weighted by atomic mass is 9.79. The van der Waals surface area contributed by atoms with Gasteiger partial charge in [-0.15, -0.1) is 0 Å². The number of carbonyl (C=O) groups is 2. The number of nitrogen functional groups attached to an aromatic ring is 1. The third-order valence-electron chi connectivity index (χ3n) is 11.2. The molecule has 0 spiro atoms. The number of rotatable bonds is 30. The lowest BCUT2D eigenvalue weighted by Crippen LogP contribution is -2.49. The maximum Gasteiger partial charge on any atom is 0.335 e. The summed E-state index contributed by atoms with van der Waals surface area (Å²) in [5.74, 6) is -2.25. The molecule has 0 amide bonds. The van der Waals surface area contributed by atoms with E-state index in [0.29, 0.717) is 18.4 Å². The van der Waals surface area contributed by atoms with E-state index in [0.717, 1.165) is 38.5 Å². The number of ether oxygens (including phenoxy) is 3. The summed E-state index contributed by atoms with van der Waals surface area (Å²) < 4.78 is 57.9. The Morgan fingerprint density at radius 3 is 2.08 bits per heavy atom. The van der Waals surface area contributed by atoms with Gasteiger partial charge in [0.1, 0.15) is 17.9 Å². The summed E-state index contributed by atoms with van der Waals surface area (Å²) in [5, 5.41) is 11.9. The van der Waals surface area contributed by atoms with Gasteiger partial charge in [0.2, 0.25) is 0 Å². The van der Waals surface area contributed by atoms with Crippen LogP contribution in [0.3, 0.4) is 0 Å². The number of aliphatic hydroxyl groups is 1. The molecule has 2 unspecified atom stereocenters. The second-order valence-electron chi connectivity index (χ2n) is 15.9. The van der Waals surface area contributed by atoms with E-state index in [1.165, 1.54) is 69.2 Å². The second kappa shape index (κ2) is 26.1. The molecule has 3 heterocycles. The van der Waals surface area contributed by atoms with Crippen molar-refractivity contribution in [3.8, 4) is 0 Å². The van der Waals surface area contributed by atoms with E-state index < -0.39 is 68.9 Å². The van der Waals surface area contributed by atoms with Crippen LogP contribution < -0.4 is 11.5 Å². The Balaban J connectivity index is 1.46. The SMILES string of the molecule is CCCCCCCCCCOC(=O)[C@H](C)O[PH](=O)OC[C@@]1(CC(c2ccccc2)[C@H](N)C(=O)OCCCCCCCCCC)O[C@@H](n2cnc3c(N)nc(F)nc32)C[C@@H]1O. The third kappa shape index (κ3) is 15.1. The number of aliphatic hydroxyl groups excluding tert-OH is 1. The topological polar surface area (TPSA) is 213 Å². The summed E-state index contributed by atoms with van der Waals surface area (Å²) in [6.45, 7) is 5.74. The Hall–Kier alpha value is -3.53. The predicted molar refractivity (Wildman–Crippen MR) is 228 cm³/mol. The van der Waals surface area contributed by atoms with Crippen LogP contribution in [0.5, 0.6) is 0 Å². The van der Waals surface area contributed by atoms with Crippen molar-refractivity contribution in [3.63, 3.8) is 0 Å². The van der Waals surface area contributed by atoms with Crippen molar-refractivity contribution in [1.29, 1.82) is 0 Å². The number of unbranched alkanes of at least 4 members (excludes halogenated alkanes) is 14. The third-order valence-corrected chi connectivity index (χ3v) is 12.1. The van der Waals surface area contributed by atoms with E-state index in [2.05, 4.69) is 28.8 Å². The van der Waals surface area contributed by atoms with Crippen LogP contribution in [0, 0.1) is 6.08 Å². The highest BCUT2D eigenvalue weighted by Gasteiger charge is 2.52. The van der Waals surface area contributed by atoms with Gasteiger partial charge >= 0.3 is 26.3 Å². The number of esters is 2. The zero-order valence-electron chi connectivity index (χ0n) is 35.7. The monoisotopic (exact) mass is 862 g/mol. The summed E-state index contributed by atoms with van der Waals surface area (Å²) >= 11 is 0. The van der Waals surface area contributed by atoms with E-state index in [-0.39, 0.29) is 43.0 Å². The summed E-state index contributed by atoms with van der Waals surface area (Å²) in [5.41, 5.74) is 11.8. The molecule has 336 valence electrons. The maximum atomic E-state index is 14.3. The molecule has 1 aliphatic heterocycles. The fourth-order valence-corrected chi connectivity index (χ4v) is 8.41. The quantitative estimate of drug-likeness (QED) is 0.0249. The number of halogens is 1. The van der Waals surface area contributed by atoms with Crippen LogP contribution in [0.1, 0.15) is 154 Å². The van der Waals surface area contributed by atoms with Gasteiger partial charge in [0.15, 0.2) is 23.1 Å². The van der Waals surface area contributed by atoms with Crippen LogP contribution >= 0.6 is 8.25 Å². The van der Waals surface area contributed by atoms with Gasteiger partial charge in [0.05, 0.1) is 32.3 Å². The van der Waals surface area contributed by atoms with Crippen LogP contribution in [-0.4, -0.2) is 80.2 Å². The number of anilines is 1. The van der Waals surface area contributed by atoms with E-state index in [1.807, 2.05) is 18.2 Å². The second-order valence-corrected chi connectivity index (χ2v) is 16.9. The lowest BCUT2D eigenvalue weighted by molar-refractivity contribution is -0.152. The highest BCUT2D eigenvalue weighted by Crippen LogP contribution is 2.46. The highest BCUT2D eigenvalue weighted by atomic mass is 31.1. The molecule has 0 bridgehead atoms. The van der Waals surface area contributed by atoms with E-state index in [4.69, 9.17) is 34.7 Å². The molecule has 1 aromatic carbocycles. The molecule has 15 nitrogen and oxygen atoms in total. The number of nitrogens with two attached hydrogens (primary N) is 2. The number of imidazole rings is 1. The number of hydrogen-bond donors (Lipinski definition) is 3. The van der Waals surface area contributed by atoms with E-state index >= 15 is 0 Å². The first-order valence-corrected chi connectivity index (χ1v) is 23.2. The molecule has 0 radical (unpaired) electrons. The zero-order chi connectivity index (χ0) is 43.3. The van der Waals surface area contributed by atoms with Gasteiger partial charge in [-0.3, -0.25) is 18.5 Å². The molecule has 5 N–H and O–H groups in total. The van der Waals surface area contributed by atoms with Crippen molar-refractivity contribution in [2.45, 2.75) is 172 Å². The smallest absolute Gasteiger partial charge is 0.335 e. The maximum absolute atomic E-state index is 14.3. The average Bonchev–Trinajstić information content (AvgIpc) is 3.81. The molecule has 0 aliphatic carbocycles. The summed E-state index contributed by atoms with van der Waals surface area (Å²) in [4.78, 5) is 37.9. The van der Waals surface area contributed by atoms with Crippen LogP contribution in [0.2, 0.25) is 0 Å². The van der Waals surface area contributed by atoms with Crippen molar-refractivity contribution in [2.75, 3.05) is 25.6 Å². The predicted octanol–water partition coefficient (Wildman–Crippen LogP) is 8.25. The molecular formula is C43H68FN6O9P. The minimum absolute atomic E-state index is 0.0333. The molecule has 2 aromatic heterocycles. The number of benzene rings is 1. The molecule has 0 saturated carbocycles. The molecule has 1 saturated heterocycles. The molecule has 60 heavy (non-hydrogen) atoms. The number of hydrogen-bond acceptors (Lipinski definition) is 14. The summed E-state index contributed by atoms with van der Waals surface area (Å²) in [7, 11) is -3.38. The zero-order valence-corrected chi connectivity index (χ0v) is 36.7. The van der Waals surface area contributed by atoms with Gasteiger partial charge < -0.3 is 35.3 Å². The first-order chi connectivity index (χ1) is 29.0. The van der Waals surface area contributed by atoms with Crippen molar-refractivity contribution >= 4 is 37.2 Å². The molecule has 3 aromatic rings. The van der Waals surface area contributed by atoms with Gasteiger partial charge in [0, 0.05) is 12.3 Å². The Labute approximate surface area is 354 Å². The van der Waals surface area contributed by atoms with Gasteiger partial charge in [0.25, 0.3) is 0 Å². The van der Waals surface area contributed by atoms with Gasteiger partial charge in [-0.05, 0) is 31.7 Å². The minimum Gasteiger partial charge on any atom is -0.465 e. The summed E-state index contributed by atoms with van der Waals surface area (Å²) in [6.07, 6.45) is 14.0. The Bertz CT molecular complexity index is 1760. The summed E-state index contributed by atoms with van der Waals surface area (Å²) in [6, 6.07) is 7.86. The Morgan fingerprint density at radius 1 is 0.917 bits per heavy atom. The molecule has 1 fully saturated rings. The average molecular weight is 863 g/mol. The number of aromatic nitrogens is 4. The molecule has 17 heteroatoms. The number of nitrogens with zero attached hydrogens (tertiary/aromatic N) is 4. The highest BCUT2D eigenvalue weighted by molar-refractivity contribution is 7.33. The fraction of sp³-hybridized carbons (Fsp3) is 0.698. The van der Waals surface area contributed by atoms with E-state index in [9.17, 15) is 23.7 Å². The van der Waals surface area contributed by atoms with Crippen molar-refractivity contribution in [2.24, 2.45) is 5.73 Å². The standard InChI is InChI=1S/C43H68FN6O9P/c1-4-6-8-10-12-14-16-21-25-55-40(52)31(3)59-60(54)57-29-43(34(51)27-35(58-43)50-30-47-37-38(46)48-42(44)49-39(37)50)28-33(32-23-19-18-20-24-32)36(45)41(53)56-26-22-17-15-13-11-9-7-5-2/h18-20,23-24,30-31,33-36,51,60H,4-17,21-22,25-29,45H2,1-3H3,(H2,46,48,49)/t31-,33?,34-,35+,36-,43+/m0/s1. The van der Waals surface area contributed by atoms with Crippen molar-refractivity contribution < 1.29 is 46.9 Å². The van der Waals surface area contributed by atoms with Crippen LogP contribution in [0.15, 0.2) is 36.7 Å². The van der Waals surface area contributed by atoms with Gasteiger partial charge in [-0.1, -0.05) is 134 Å². The van der Waals surface area contributed by atoms with Crippen molar-refractivity contribution in [1.82, 2.24) is 19.5 Å². The number of fused-ring (bicyclic) bond motifs is 1. The van der Waals surface area contributed by atoms with Crippen LogP contribution in [0.4, 0.5) is 10.2 Å². The Morgan fingerprint density at radius 2 is 1.48 bits per heavy atom. The largest absolute Gasteiger partial charge is 0.465 e. The Kier molecular flexibility index (Phi) is 21.3. The van der Waals surface area contributed by atoms with Crippen molar-refractivity contribution in [3.05, 3.63) is 48.3 Å². The molecule has 4 rings (SSSR count). The van der Waals surface area contributed by atoms with Crippen LogP contribution in [-0.2, 0) is 37.4 Å². The van der Waals surface area contributed by atoms with Gasteiger partial charge in [-0.2, -0.15) is 14.4 Å². The van der Waals surface area contributed by atoms with Crippen LogP contribution in [0.25, 0.3) is 11.2 Å². The van der Waals surface area contributed by atoms with E-state index in [1.54, 1.807) is 12.1 Å². The number of carbonyl (C=O) groups excluding carboxylic acids is 2. The minimum atomic E-state index is -3.38. The normalized spacial score (nSPS) is 19.9. The lowest BCUT2D eigenvalue weighted by Gasteiger charge is -2.36. The first-order valence-electron chi connectivity index (χ1n) is 22.0. The fourth-order valence-electron chi connectivity index (χ4n) is 7.60. The van der Waals surface area contributed by atoms with Gasteiger partial charge in [-0.25, -0.2) is 9.78 Å².